The van der Waals surface area contributed by atoms with Crippen LogP contribution in [0.1, 0.15) is 24.1 Å². The number of benzene rings is 2. The predicted octanol–water partition coefficient (Wildman–Crippen LogP) is 3.98. The Morgan fingerprint density at radius 1 is 1.14 bits per heavy atom. The van der Waals surface area contributed by atoms with Gasteiger partial charge in [-0.05, 0) is 33.0 Å². The molecule has 2 rings (SSSR count). The topological polar surface area (TPSA) is 64.4 Å². The molecule has 0 aromatic heterocycles. The van der Waals surface area contributed by atoms with E-state index in [-0.39, 0.29) is 11.7 Å². The molecule has 5 heteroatoms. The van der Waals surface area contributed by atoms with Crippen LogP contribution in [0.3, 0.4) is 0 Å². The summed E-state index contributed by atoms with van der Waals surface area (Å²) in [7, 11) is 1.88. The average molecular weight is 286 g/mol. The monoisotopic (exact) mass is 286 g/mol. The lowest BCUT2D eigenvalue weighted by Gasteiger charge is -2.17. The summed E-state index contributed by atoms with van der Waals surface area (Å²) in [5.41, 5.74) is 1.59. The van der Waals surface area contributed by atoms with Gasteiger partial charge in [-0.25, -0.2) is 0 Å². The van der Waals surface area contributed by atoms with Gasteiger partial charge in [0.15, 0.2) is 0 Å². The average Bonchev–Trinajstić information content (AvgIpc) is 2.49. The van der Waals surface area contributed by atoms with E-state index in [2.05, 4.69) is 5.32 Å². The Balaban J connectivity index is 2.40. The van der Waals surface area contributed by atoms with Gasteiger partial charge in [0.1, 0.15) is 11.5 Å². The lowest BCUT2D eigenvalue weighted by atomic mass is 10.1. The molecule has 0 aliphatic rings. The van der Waals surface area contributed by atoms with Gasteiger partial charge in [-0.3, -0.25) is 10.1 Å². The molecule has 0 saturated heterocycles. The SMILES string of the molecule is CNC(C)c1ccccc1Oc1cccc([N+](=O)[O-])c1C. The first-order chi connectivity index (χ1) is 10.0. The van der Waals surface area contributed by atoms with Gasteiger partial charge < -0.3 is 10.1 Å². The molecule has 0 radical (unpaired) electrons. The van der Waals surface area contributed by atoms with Crippen molar-refractivity contribution in [2.75, 3.05) is 7.05 Å². The van der Waals surface area contributed by atoms with Crippen molar-refractivity contribution in [1.82, 2.24) is 5.32 Å². The molecular formula is C16H18N2O3. The van der Waals surface area contributed by atoms with E-state index in [4.69, 9.17) is 4.74 Å². The van der Waals surface area contributed by atoms with Gasteiger partial charge in [0.05, 0.1) is 10.5 Å². The number of nitro benzene ring substituents is 1. The van der Waals surface area contributed by atoms with Crippen molar-refractivity contribution in [2.45, 2.75) is 19.9 Å². The molecule has 0 fully saturated rings. The minimum Gasteiger partial charge on any atom is -0.456 e. The summed E-state index contributed by atoms with van der Waals surface area (Å²) in [4.78, 5) is 10.6. The van der Waals surface area contributed by atoms with Gasteiger partial charge in [0.2, 0.25) is 0 Å². The van der Waals surface area contributed by atoms with Crippen LogP contribution in [0.25, 0.3) is 0 Å². The van der Waals surface area contributed by atoms with Crippen LogP contribution in [0.15, 0.2) is 42.5 Å². The van der Waals surface area contributed by atoms with Gasteiger partial charge in [-0.1, -0.05) is 24.3 Å². The molecule has 0 amide bonds. The molecule has 0 spiro atoms. The first kappa shape index (κ1) is 15.0. The number of nitrogens with zero attached hydrogens (tertiary/aromatic N) is 1. The molecule has 0 saturated carbocycles. The fourth-order valence-corrected chi connectivity index (χ4v) is 2.12. The van der Waals surface area contributed by atoms with Crippen LogP contribution >= 0.6 is 0 Å². The maximum absolute atomic E-state index is 11.0. The zero-order chi connectivity index (χ0) is 15.4. The van der Waals surface area contributed by atoms with Crippen LogP contribution in [0.5, 0.6) is 11.5 Å². The lowest BCUT2D eigenvalue weighted by molar-refractivity contribution is -0.385. The van der Waals surface area contributed by atoms with Crippen molar-refractivity contribution >= 4 is 5.69 Å². The summed E-state index contributed by atoms with van der Waals surface area (Å²) < 4.78 is 5.91. The number of hydrogen-bond acceptors (Lipinski definition) is 4. The van der Waals surface area contributed by atoms with Crippen LogP contribution in [-0.2, 0) is 0 Å². The van der Waals surface area contributed by atoms with Gasteiger partial charge in [0, 0.05) is 17.7 Å². The van der Waals surface area contributed by atoms with E-state index in [0.717, 1.165) is 5.56 Å². The molecule has 1 N–H and O–H groups in total. The Bertz CT molecular complexity index is 656. The third-order valence-corrected chi connectivity index (χ3v) is 3.49. The first-order valence-electron chi connectivity index (χ1n) is 6.72. The molecule has 0 aliphatic carbocycles. The van der Waals surface area contributed by atoms with E-state index in [1.165, 1.54) is 6.07 Å². The van der Waals surface area contributed by atoms with Crippen molar-refractivity contribution in [3.63, 3.8) is 0 Å². The molecule has 2 aromatic rings. The van der Waals surface area contributed by atoms with Crippen molar-refractivity contribution < 1.29 is 9.66 Å². The molecular weight excluding hydrogens is 268 g/mol. The van der Waals surface area contributed by atoms with E-state index < -0.39 is 4.92 Å². The molecule has 5 nitrogen and oxygen atoms in total. The first-order valence-corrected chi connectivity index (χ1v) is 6.72. The summed E-state index contributed by atoms with van der Waals surface area (Å²) in [5.74, 6) is 1.20. The highest BCUT2D eigenvalue weighted by molar-refractivity contribution is 5.50. The fraction of sp³-hybridized carbons (Fsp3) is 0.250. The normalized spacial score (nSPS) is 12.0. The summed E-state index contributed by atoms with van der Waals surface area (Å²) in [5, 5.41) is 14.2. The lowest BCUT2D eigenvalue weighted by Crippen LogP contribution is -2.13. The van der Waals surface area contributed by atoms with Crippen molar-refractivity contribution in [3.05, 3.63) is 63.7 Å². The number of hydrogen-bond donors (Lipinski definition) is 1. The third kappa shape index (κ3) is 3.20. The van der Waals surface area contributed by atoms with Crippen LogP contribution in [0, 0.1) is 17.0 Å². The van der Waals surface area contributed by atoms with Gasteiger partial charge in [-0.15, -0.1) is 0 Å². The molecule has 2 aromatic carbocycles. The summed E-state index contributed by atoms with van der Waals surface area (Å²) in [6, 6.07) is 12.6. The van der Waals surface area contributed by atoms with E-state index in [1.807, 2.05) is 38.2 Å². The number of rotatable bonds is 5. The van der Waals surface area contributed by atoms with Crippen molar-refractivity contribution in [1.29, 1.82) is 0 Å². The molecule has 0 heterocycles. The van der Waals surface area contributed by atoms with Crippen LogP contribution in [-0.4, -0.2) is 12.0 Å². The number of nitrogens with one attached hydrogen (secondary N) is 1. The number of ether oxygens (including phenoxy) is 1. The number of nitro groups is 1. The molecule has 1 unspecified atom stereocenters. The molecule has 21 heavy (non-hydrogen) atoms. The van der Waals surface area contributed by atoms with Crippen molar-refractivity contribution in [2.24, 2.45) is 0 Å². The molecule has 0 aliphatic heterocycles. The minimum absolute atomic E-state index is 0.0617. The maximum Gasteiger partial charge on any atom is 0.276 e. The van der Waals surface area contributed by atoms with Gasteiger partial charge in [0.25, 0.3) is 5.69 Å². The highest BCUT2D eigenvalue weighted by atomic mass is 16.6. The second kappa shape index (κ2) is 6.37. The minimum atomic E-state index is -0.398. The van der Waals surface area contributed by atoms with Crippen molar-refractivity contribution in [3.8, 4) is 11.5 Å². The van der Waals surface area contributed by atoms with Crippen LogP contribution in [0.4, 0.5) is 5.69 Å². The Morgan fingerprint density at radius 2 is 1.81 bits per heavy atom. The second-order valence-electron chi connectivity index (χ2n) is 4.81. The Hall–Kier alpha value is -2.40. The van der Waals surface area contributed by atoms with E-state index >= 15 is 0 Å². The highest BCUT2D eigenvalue weighted by Crippen LogP contribution is 2.34. The van der Waals surface area contributed by atoms with Crippen LogP contribution < -0.4 is 10.1 Å². The highest BCUT2D eigenvalue weighted by Gasteiger charge is 2.16. The van der Waals surface area contributed by atoms with Gasteiger partial charge >= 0.3 is 0 Å². The van der Waals surface area contributed by atoms with E-state index in [1.54, 1.807) is 19.1 Å². The molecule has 0 bridgehead atoms. The quantitative estimate of drug-likeness (QED) is 0.667. The third-order valence-electron chi connectivity index (χ3n) is 3.49. The maximum atomic E-state index is 11.0. The summed E-state index contributed by atoms with van der Waals surface area (Å²) >= 11 is 0. The second-order valence-corrected chi connectivity index (χ2v) is 4.81. The Labute approximate surface area is 123 Å². The predicted molar refractivity (Wildman–Crippen MR) is 81.8 cm³/mol. The van der Waals surface area contributed by atoms with Gasteiger partial charge in [-0.2, -0.15) is 0 Å². The van der Waals surface area contributed by atoms with Crippen LogP contribution in [0.2, 0.25) is 0 Å². The summed E-state index contributed by atoms with van der Waals surface area (Å²) in [6.45, 7) is 3.72. The van der Waals surface area contributed by atoms with E-state index in [9.17, 15) is 10.1 Å². The largest absolute Gasteiger partial charge is 0.456 e. The smallest absolute Gasteiger partial charge is 0.276 e. The Kier molecular flexibility index (Phi) is 4.55. The number of para-hydroxylation sites is 1. The van der Waals surface area contributed by atoms with E-state index in [0.29, 0.717) is 17.1 Å². The zero-order valence-electron chi connectivity index (χ0n) is 12.3. The Morgan fingerprint density at radius 3 is 2.48 bits per heavy atom. The fourth-order valence-electron chi connectivity index (χ4n) is 2.12. The molecule has 1 atom stereocenters. The molecule has 110 valence electrons. The summed E-state index contributed by atoms with van der Waals surface area (Å²) in [6.07, 6.45) is 0. The zero-order valence-corrected chi connectivity index (χ0v) is 12.3. The standard InChI is InChI=1S/C16H18N2O3/c1-11-14(18(19)20)8-6-10-15(11)21-16-9-5-4-7-13(16)12(2)17-3/h4-10,12,17H,1-3H3.